The summed E-state index contributed by atoms with van der Waals surface area (Å²) >= 11 is 0. The lowest BCUT2D eigenvalue weighted by Crippen LogP contribution is -2.20. The van der Waals surface area contributed by atoms with Crippen molar-refractivity contribution < 1.29 is 9.72 Å². The minimum Gasteiger partial charge on any atom is -0.341 e. The van der Waals surface area contributed by atoms with Crippen LogP contribution in [0.1, 0.15) is 23.2 Å². The maximum absolute atomic E-state index is 12.1. The van der Waals surface area contributed by atoms with Crippen LogP contribution in [0.15, 0.2) is 36.7 Å². The van der Waals surface area contributed by atoms with Crippen LogP contribution in [-0.4, -0.2) is 33.9 Å². The van der Waals surface area contributed by atoms with Gasteiger partial charge >= 0.3 is 0 Å². The van der Waals surface area contributed by atoms with E-state index in [2.05, 4.69) is 20.2 Å². The number of hydrogen-bond acceptors (Lipinski definition) is 6. The van der Waals surface area contributed by atoms with Crippen LogP contribution in [0.2, 0.25) is 0 Å². The summed E-state index contributed by atoms with van der Waals surface area (Å²) in [6, 6.07) is 5.41. The van der Waals surface area contributed by atoms with Crippen LogP contribution in [0.3, 0.4) is 0 Å². The van der Waals surface area contributed by atoms with Crippen molar-refractivity contribution in [3.05, 3.63) is 52.3 Å². The van der Waals surface area contributed by atoms with E-state index in [1.165, 1.54) is 24.3 Å². The highest BCUT2D eigenvalue weighted by molar-refractivity contribution is 6.04. The Kier molecular flexibility index (Phi) is 4.13. The SMILES string of the molecule is O=C(Nc1cnc(N2CCCC2)nc1)c1ccc([N+](=O)[O-])cc1. The highest BCUT2D eigenvalue weighted by Gasteiger charge is 2.15. The Morgan fingerprint density at radius 2 is 1.74 bits per heavy atom. The molecule has 1 aromatic carbocycles. The van der Waals surface area contributed by atoms with Gasteiger partial charge in [-0.3, -0.25) is 14.9 Å². The number of nitrogens with zero attached hydrogens (tertiary/aromatic N) is 4. The first-order valence-electron chi connectivity index (χ1n) is 7.26. The first-order valence-corrected chi connectivity index (χ1v) is 7.26. The lowest BCUT2D eigenvalue weighted by molar-refractivity contribution is -0.384. The summed E-state index contributed by atoms with van der Waals surface area (Å²) in [5, 5.41) is 13.3. The maximum Gasteiger partial charge on any atom is 0.269 e. The van der Waals surface area contributed by atoms with Crippen molar-refractivity contribution in [2.75, 3.05) is 23.3 Å². The Bertz CT molecular complexity index is 709. The molecule has 1 aromatic heterocycles. The van der Waals surface area contributed by atoms with Gasteiger partial charge in [-0.25, -0.2) is 9.97 Å². The fraction of sp³-hybridized carbons (Fsp3) is 0.267. The van der Waals surface area contributed by atoms with Gasteiger partial charge in [0.25, 0.3) is 11.6 Å². The van der Waals surface area contributed by atoms with Gasteiger partial charge in [0.2, 0.25) is 5.95 Å². The Morgan fingerprint density at radius 1 is 1.13 bits per heavy atom. The topological polar surface area (TPSA) is 101 Å². The zero-order valence-corrected chi connectivity index (χ0v) is 12.3. The molecule has 1 saturated heterocycles. The molecule has 23 heavy (non-hydrogen) atoms. The van der Waals surface area contributed by atoms with Crippen molar-refractivity contribution in [3.63, 3.8) is 0 Å². The van der Waals surface area contributed by atoms with Crippen LogP contribution >= 0.6 is 0 Å². The van der Waals surface area contributed by atoms with E-state index >= 15 is 0 Å². The van der Waals surface area contributed by atoms with Gasteiger partial charge in [-0.15, -0.1) is 0 Å². The zero-order valence-electron chi connectivity index (χ0n) is 12.3. The van der Waals surface area contributed by atoms with Crippen molar-refractivity contribution in [1.29, 1.82) is 0 Å². The molecule has 2 aromatic rings. The highest BCUT2D eigenvalue weighted by Crippen LogP contribution is 2.17. The van der Waals surface area contributed by atoms with Gasteiger partial charge in [0.15, 0.2) is 0 Å². The molecule has 1 aliphatic heterocycles. The summed E-state index contributed by atoms with van der Waals surface area (Å²) < 4.78 is 0. The zero-order chi connectivity index (χ0) is 16.2. The summed E-state index contributed by atoms with van der Waals surface area (Å²) in [5.41, 5.74) is 0.760. The van der Waals surface area contributed by atoms with E-state index in [9.17, 15) is 14.9 Å². The van der Waals surface area contributed by atoms with Crippen molar-refractivity contribution in [1.82, 2.24) is 9.97 Å². The molecular formula is C15H15N5O3. The van der Waals surface area contributed by atoms with Crippen LogP contribution in [0.5, 0.6) is 0 Å². The van der Waals surface area contributed by atoms with Gasteiger partial charge in [-0.1, -0.05) is 0 Å². The van der Waals surface area contributed by atoms with E-state index in [0.717, 1.165) is 25.9 Å². The van der Waals surface area contributed by atoms with E-state index in [-0.39, 0.29) is 11.6 Å². The molecule has 1 N–H and O–H groups in total. The molecule has 1 fully saturated rings. The van der Waals surface area contributed by atoms with E-state index in [0.29, 0.717) is 17.2 Å². The number of anilines is 2. The van der Waals surface area contributed by atoms with Gasteiger partial charge in [0.05, 0.1) is 23.0 Å². The number of nitro groups is 1. The molecule has 0 radical (unpaired) electrons. The Balaban J connectivity index is 1.66. The van der Waals surface area contributed by atoms with Crippen LogP contribution in [0, 0.1) is 10.1 Å². The summed E-state index contributed by atoms with van der Waals surface area (Å²) in [6.45, 7) is 1.91. The molecule has 8 heteroatoms. The fourth-order valence-corrected chi connectivity index (χ4v) is 2.40. The predicted octanol–water partition coefficient (Wildman–Crippen LogP) is 2.24. The number of rotatable bonds is 4. The largest absolute Gasteiger partial charge is 0.341 e. The third-order valence-electron chi connectivity index (χ3n) is 3.63. The summed E-state index contributed by atoms with van der Waals surface area (Å²) in [6.07, 6.45) is 5.40. The van der Waals surface area contributed by atoms with E-state index in [1.54, 1.807) is 12.4 Å². The standard InChI is InChI=1S/C15H15N5O3/c21-14(11-3-5-13(6-4-11)20(22)23)18-12-9-16-15(17-10-12)19-7-1-2-8-19/h3-6,9-10H,1-2,7-8H2,(H,18,21). The molecule has 0 spiro atoms. The molecule has 2 heterocycles. The molecule has 8 nitrogen and oxygen atoms in total. The van der Waals surface area contributed by atoms with Crippen molar-refractivity contribution in [3.8, 4) is 0 Å². The third kappa shape index (κ3) is 3.42. The number of aromatic nitrogens is 2. The predicted molar refractivity (Wildman–Crippen MR) is 84.5 cm³/mol. The molecule has 0 saturated carbocycles. The number of benzene rings is 1. The second kappa shape index (κ2) is 6.39. The lowest BCUT2D eigenvalue weighted by atomic mass is 10.2. The van der Waals surface area contributed by atoms with Crippen LogP contribution in [0.4, 0.5) is 17.3 Å². The fourth-order valence-electron chi connectivity index (χ4n) is 2.40. The smallest absolute Gasteiger partial charge is 0.269 e. The molecule has 0 aliphatic carbocycles. The first-order chi connectivity index (χ1) is 11.1. The number of carbonyl (C=O) groups is 1. The normalized spacial score (nSPS) is 13.8. The van der Waals surface area contributed by atoms with Crippen molar-refractivity contribution in [2.45, 2.75) is 12.8 Å². The van der Waals surface area contributed by atoms with E-state index in [1.807, 2.05) is 0 Å². The van der Waals surface area contributed by atoms with Gasteiger partial charge in [0.1, 0.15) is 0 Å². The second-order valence-corrected chi connectivity index (χ2v) is 5.22. The van der Waals surface area contributed by atoms with Crippen molar-refractivity contribution in [2.24, 2.45) is 0 Å². The van der Waals surface area contributed by atoms with Crippen LogP contribution in [-0.2, 0) is 0 Å². The molecule has 0 unspecified atom stereocenters. The van der Waals surface area contributed by atoms with Crippen molar-refractivity contribution >= 4 is 23.2 Å². The van der Waals surface area contributed by atoms with Gasteiger partial charge in [-0.05, 0) is 25.0 Å². The molecule has 0 bridgehead atoms. The van der Waals surface area contributed by atoms with E-state index in [4.69, 9.17) is 0 Å². The van der Waals surface area contributed by atoms with Gasteiger partial charge in [-0.2, -0.15) is 0 Å². The minimum absolute atomic E-state index is 0.0557. The quantitative estimate of drug-likeness (QED) is 0.686. The summed E-state index contributed by atoms with van der Waals surface area (Å²) in [5.74, 6) is 0.299. The lowest BCUT2D eigenvalue weighted by Gasteiger charge is -2.14. The second-order valence-electron chi connectivity index (χ2n) is 5.22. The molecule has 118 valence electrons. The van der Waals surface area contributed by atoms with E-state index < -0.39 is 4.92 Å². The summed E-state index contributed by atoms with van der Waals surface area (Å²) in [7, 11) is 0. The highest BCUT2D eigenvalue weighted by atomic mass is 16.6. The van der Waals surface area contributed by atoms with Gasteiger partial charge in [0, 0.05) is 30.8 Å². The average molecular weight is 313 g/mol. The minimum atomic E-state index is -0.507. The molecule has 3 rings (SSSR count). The van der Waals surface area contributed by atoms with Crippen LogP contribution in [0.25, 0.3) is 0 Å². The molecule has 1 amide bonds. The van der Waals surface area contributed by atoms with Crippen LogP contribution < -0.4 is 10.2 Å². The number of non-ortho nitro benzene ring substituents is 1. The number of hydrogen-bond donors (Lipinski definition) is 1. The number of nitro benzene ring substituents is 1. The average Bonchev–Trinajstić information content (AvgIpc) is 3.10. The monoisotopic (exact) mass is 313 g/mol. The Hall–Kier alpha value is -3.03. The molecule has 1 aliphatic rings. The Morgan fingerprint density at radius 3 is 2.30 bits per heavy atom. The summed E-state index contributed by atoms with van der Waals surface area (Å²) in [4.78, 5) is 32.8. The third-order valence-corrected chi connectivity index (χ3v) is 3.63. The Labute approximate surface area is 132 Å². The maximum atomic E-state index is 12.1. The number of amides is 1. The number of carbonyl (C=O) groups excluding carboxylic acids is 1. The first kappa shape index (κ1) is 14.9. The number of nitrogens with one attached hydrogen (secondary N) is 1. The molecule has 0 atom stereocenters. The van der Waals surface area contributed by atoms with Gasteiger partial charge < -0.3 is 10.2 Å². The molecular weight excluding hydrogens is 298 g/mol.